The number of carbonyl (C=O) groups excluding carboxylic acids is 1. The second-order valence-corrected chi connectivity index (χ2v) is 5.68. The molecule has 6 heteroatoms. The maximum atomic E-state index is 12.4. The molecule has 0 saturated carbocycles. The fourth-order valence-corrected chi connectivity index (χ4v) is 3.12. The zero-order valence-electron chi connectivity index (χ0n) is 10.9. The van der Waals surface area contributed by atoms with Gasteiger partial charge in [0.1, 0.15) is 12.1 Å². The molecule has 0 bridgehead atoms. The van der Waals surface area contributed by atoms with E-state index in [9.17, 15) is 4.79 Å². The van der Waals surface area contributed by atoms with Gasteiger partial charge in [-0.25, -0.2) is 9.67 Å². The molecule has 4 rings (SSSR count). The lowest BCUT2D eigenvalue weighted by molar-refractivity contribution is 0.0968. The van der Waals surface area contributed by atoms with Gasteiger partial charge in [0.15, 0.2) is 5.01 Å². The van der Waals surface area contributed by atoms with Gasteiger partial charge >= 0.3 is 0 Å². The highest BCUT2D eigenvalue weighted by molar-refractivity contribution is 7.20. The molecule has 0 unspecified atom stereocenters. The van der Waals surface area contributed by atoms with E-state index < -0.39 is 0 Å². The minimum absolute atomic E-state index is 0.0492. The minimum Gasteiger partial charge on any atom is -0.289 e. The zero-order chi connectivity index (χ0) is 14.2. The summed E-state index contributed by atoms with van der Waals surface area (Å²) in [6, 6.07) is 15.3. The number of para-hydroxylation sites is 2. The third-order valence-electron chi connectivity index (χ3n) is 3.25. The number of hydrogen-bond acceptors (Lipinski definition) is 5. The van der Waals surface area contributed by atoms with Crippen molar-refractivity contribution >= 4 is 38.4 Å². The largest absolute Gasteiger partial charge is 0.289 e. The monoisotopic (exact) mass is 294 g/mol. The number of rotatable bonds is 3. The van der Waals surface area contributed by atoms with Gasteiger partial charge in [-0.05, 0) is 24.3 Å². The van der Waals surface area contributed by atoms with Gasteiger partial charge in [0, 0.05) is 0 Å². The van der Waals surface area contributed by atoms with E-state index in [1.54, 1.807) is 4.68 Å². The molecule has 0 radical (unpaired) electrons. The number of fused-ring (bicyclic) bond motifs is 2. The van der Waals surface area contributed by atoms with Gasteiger partial charge in [-0.3, -0.25) is 4.79 Å². The van der Waals surface area contributed by atoms with Gasteiger partial charge in [0.2, 0.25) is 5.78 Å². The number of carbonyl (C=O) groups is 1. The molecule has 0 amide bonds. The predicted octanol–water partition coefficient (Wildman–Crippen LogP) is 2.92. The molecule has 0 spiro atoms. The van der Waals surface area contributed by atoms with E-state index in [1.807, 2.05) is 48.5 Å². The first-order valence-corrected chi connectivity index (χ1v) is 7.30. The van der Waals surface area contributed by atoms with Crippen LogP contribution in [0.15, 0.2) is 48.5 Å². The summed E-state index contributed by atoms with van der Waals surface area (Å²) >= 11 is 1.41. The maximum absolute atomic E-state index is 12.4. The van der Waals surface area contributed by atoms with Gasteiger partial charge in [0.05, 0.1) is 15.7 Å². The van der Waals surface area contributed by atoms with Crippen LogP contribution in [0.25, 0.3) is 21.3 Å². The minimum atomic E-state index is -0.0492. The van der Waals surface area contributed by atoms with Gasteiger partial charge in [0.25, 0.3) is 0 Å². The van der Waals surface area contributed by atoms with Crippen LogP contribution in [0.4, 0.5) is 0 Å². The molecule has 0 atom stereocenters. The molecule has 0 aliphatic carbocycles. The van der Waals surface area contributed by atoms with Crippen molar-refractivity contribution in [2.45, 2.75) is 6.54 Å². The van der Waals surface area contributed by atoms with Crippen LogP contribution in [0, 0.1) is 0 Å². The average Bonchev–Trinajstić information content (AvgIpc) is 3.11. The topological polar surface area (TPSA) is 60.7 Å². The lowest BCUT2D eigenvalue weighted by atomic mass is 10.3. The Balaban J connectivity index is 1.69. The van der Waals surface area contributed by atoms with Gasteiger partial charge in [-0.1, -0.05) is 29.5 Å². The Morgan fingerprint density at radius 3 is 2.67 bits per heavy atom. The standard InChI is InChI=1S/C15H10N4OS/c20-13(15-16-11-6-2-4-8-14(11)21-15)9-19-12-7-3-1-5-10(12)17-18-19/h1-8H,9H2. The fraction of sp³-hybridized carbons (Fsp3) is 0.0667. The van der Waals surface area contributed by atoms with E-state index in [0.29, 0.717) is 5.01 Å². The SMILES string of the molecule is O=C(Cn1nnc2ccccc21)c1nc2ccccc2s1. The number of aromatic nitrogens is 4. The Morgan fingerprint density at radius 2 is 1.81 bits per heavy atom. The van der Waals surface area contributed by atoms with Gasteiger partial charge < -0.3 is 0 Å². The Kier molecular flexibility index (Phi) is 2.75. The quantitative estimate of drug-likeness (QED) is 0.545. The number of nitrogens with zero attached hydrogens (tertiary/aromatic N) is 4. The third kappa shape index (κ3) is 2.09. The summed E-state index contributed by atoms with van der Waals surface area (Å²) in [4.78, 5) is 16.8. The van der Waals surface area contributed by atoms with Crippen molar-refractivity contribution in [2.75, 3.05) is 0 Å². The van der Waals surface area contributed by atoms with Crippen molar-refractivity contribution < 1.29 is 4.79 Å². The molecule has 0 N–H and O–H groups in total. The molecule has 2 aromatic carbocycles. The maximum Gasteiger partial charge on any atom is 0.212 e. The van der Waals surface area contributed by atoms with Crippen molar-refractivity contribution in [1.82, 2.24) is 20.0 Å². The lowest BCUT2D eigenvalue weighted by Crippen LogP contribution is -2.11. The highest BCUT2D eigenvalue weighted by Crippen LogP contribution is 2.22. The normalized spacial score (nSPS) is 11.2. The van der Waals surface area contributed by atoms with Crippen molar-refractivity contribution in [3.05, 3.63) is 53.5 Å². The molecule has 21 heavy (non-hydrogen) atoms. The van der Waals surface area contributed by atoms with E-state index in [0.717, 1.165) is 21.3 Å². The van der Waals surface area contributed by atoms with Crippen LogP contribution < -0.4 is 0 Å². The molecule has 0 aliphatic heterocycles. The Hall–Kier alpha value is -2.60. The van der Waals surface area contributed by atoms with Gasteiger partial charge in [-0.15, -0.1) is 16.4 Å². The Morgan fingerprint density at radius 1 is 1.05 bits per heavy atom. The van der Waals surface area contributed by atoms with Crippen molar-refractivity contribution in [3.8, 4) is 0 Å². The first kappa shape index (κ1) is 12.2. The molecule has 5 nitrogen and oxygen atoms in total. The van der Waals surface area contributed by atoms with Crippen LogP contribution in [-0.4, -0.2) is 25.8 Å². The molecule has 0 saturated heterocycles. The molecule has 0 aliphatic rings. The molecule has 2 heterocycles. The summed E-state index contributed by atoms with van der Waals surface area (Å²) < 4.78 is 2.63. The van der Waals surface area contributed by atoms with Crippen molar-refractivity contribution in [1.29, 1.82) is 0 Å². The second-order valence-electron chi connectivity index (χ2n) is 4.65. The summed E-state index contributed by atoms with van der Waals surface area (Å²) in [5.41, 5.74) is 2.50. The van der Waals surface area contributed by atoms with Crippen LogP contribution in [0.1, 0.15) is 9.80 Å². The molecule has 2 aromatic heterocycles. The molecular formula is C15H10N4OS. The number of thiazole rings is 1. The smallest absolute Gasteiger partial charge is 0.212 e. The van der Waals surface area contributed by atoms with Crippen LogP contribution in [0.2, 0.25) is 0 Å². The summed E-state index contributed by atoms with van der Waals surface area (Å²) in [7, 11) is 0. The number of Topliss-reactive ketones (excluding diaryl/α,β-unsaturated/α-hetero) is 1. The molecule has 0 fully saturated rings. The first-order valence-electron chi connectivity index (χ1n) is 6.48. The predicted molar refractivity (Wildman–Crippen MR) is 81.5 cm³/mol. The average molecular weight is 294 g/mol. The van der Waals surface area contributed by atoms with E-state index >= 15 is 0 Å². The van der Waals surface area contributed by atoms with Crippen molar-refractivity contribution in [3.63, 3.8) is 0 Å². The fourth-order valence-electron chi connectivity index (χ4n) is 2.23. The second kappa shape index (κ2) is 4.75. The molecule has 4 aromatic rings. The van der Waals surface area contributed by atoms with E-state index in [1.165, 1.54) is 11.3 Å². The Bertz CT molecular complexity index is 923. The lowest BCUT2D eigenvalue weighted by Gasteiger charge is -1.98. The third-order valence-corrected chi connectivity index (χ3v) is 4.32. The van der Waals surface area contributed by atoms with Crippen LogP contribution in [0.5, 0.6) is 0 Å². The summed E-state index contributed by atoms with van der Waals surface area (Å²) in [5.74, 6) is -0.0492. The van der Waals surface area contributed by atoms with Crippen LogP contribution >= 0.6 is 11.3 Å². The van der Waals surface area contributed by atoms with Gasteiger partial charge in [-0.2, -0.15) is 0 Å². The highest BCUT2D eigenvalue weighted by Gasteiger charge is 2.14. The van der Waals surface area contributed by atoms with Crippen LogP contribution in [-0.2, 0) is 6.54 Å². The molecule has 102 valence electrons. The summed E-state index contributed by atoms with van der Waals surface area (Å²) in [6.45, 7) is 0.153. The van der Waals surface area contributed by atoms with E-state index in [-0.39, 0.29) is 12.3 Å². The zero-order valence-corrected chi connectivity index (χ0v) is 11.7. The van der Waals surface area contributed by atoms with E-state index in [2.05, 4.69) is 15.3 Å². The van der Waals surface area contributed by atoms with E-state index in [4.69, 9.17) is 0 Å². The highest BCUT2D eigenvalue weighted by atomic mass is 32.1. The number of hydrogen-bond donors (Lipinski definition) is 0. The summed E-state index contributed by atoms with van der Waals surface area (Å²) in [5, 5.41) is 8.60. The number of ketones is 1. The van der Waals surface area contributed by atoms with Crippen molar-refractivity contribution in [2.24, 2.45) is 0 Å². The Labute approximate surface area is 123 Å². The molecular weight excluding hydrogens is 284 g/mol. The van der Waals surface area contributed by atoms with Crippen LogP contribution in [0.3, 0.4) is 0 Å². The summed E-state index contributed by atoms with van der Waals surface area (Å²) in [6.07, 6.45) is 0. The first-order chi connectivity index (χ1) is 10.3. The number of benzene rings is 2.